The summed E-state index contributed by atoms with van der Waals surface area (Å²) >= 11 is 0. The van der Waals surface area contributed by atoms with Gasteiger partial charge in [-0.2, -0.15) is 0 Å². The van der Waals surface area contributed by atoms with E-state index in [2.05, 4.69) is 49.3 Å². The van der Waals surface area contributed by atoms with Crippen LogP contribution < -0.4 is 10.2 Å². The molecule has 0 radical (unpaired) electrons. The van der Waals surface area contributed by atoms with Crippen LogP contribution in [-0.2, 0) is 0 Å². The second-order valence-corrected chi connectivity index (χ2v) is 3.87. The van der Waals surface area contributed by atoms with E-state index in [-0.39, 0.29) is 0 Å². The average Bonchev–Trinajstić information content (AvgIpc) is 2.12. The van der Waals surface area contributed by atoms with Crippen molar-refractivity contribution in [1.29, 1.82) is 0 Å². The Balaban J connectivity index is 2.73. The summed E-state index contributed by atoms with van der Waals surface area (Å²) in [5.74, 6) is 0. The molecule has 0 aliphatic heterocycles. The fourth-order valence-electron chi connectivity index (χ4n) is 1.58. The van der Waals surface area contributed by atoms with Crippen LogP contribution in [0.15, 0.2) is 18.2 Å². The van der Waals surface area contributed by atoms with Gasteiger partial charge in [-0.25, -0.2) is 0 Å². The molecular formula is C12H20N2. The summed E-state index contributed by atoms with van der Waals surface area (Å²) in [5.41, 5.74) is 3.96. The highest BCUT2D eigenvalue weighted by Gasteiger charge is 2.00. The van der Waals surface area contributed by atoms with Crippen LogP contribution in [0.4, 0.5) is 5.69 Å². The van der Waals surface area contributed by atoms with Gasteiger partial charge in [-0.05, 0) is 44.2 Å². The van der Waals surface area contributed by atoms with Gasteiger partial charge in [0.15, 0.2) is 0 Å². The normalized spacial score (nSPS) is 10.3. The first-order valence-corrected chi connectivity index (χ1v) is 5.07. The Labute approximate surface area is 86.9 Å². The third kappa shape index (κ3) is 3.04. The molecule has 1 aromatic carbocycles. The van der Waals surface area contributed by atoms with Gasteiger partial charge in [-0.15, -0.1) is 0 Å². The molecule has 0 atom stereocenters. The van der Waals surface area contributed by atoms with Crippen molar-refractivity contribution in [3.8, 4) is 0 Å². The van der Waals surface area contributed by atoms with E-state index in [1.807, 2.05) is 7.05 Å². The predicted octanol–water partition coefficient (Wildman–Crippen LogP) is 1.96. The molecule has 78 valence electrons. The lowest BCUT2D eigenvalue weighted by Crippen LogP contribution is -2.27. The van der Waals surface area contributed by atoms with Crippen LogP contribution in [0.5, 0.6) is 0 Å². The largest absolute Gasteiger partial charge is 0.373 e. The fraction of sp³-hybridized carbons (Fsp3) is 0.500. The SMILES string of the molecule is CNCCN(C)c1cc(C)cc(C)c1. The average molecular weight is 192 g/mol. The number of anilines is 1. The smallest absolute Gasteiger partial charge is 0.0369 e. The number of hydrogen-bond donors (Lipinski definition) is 1. The van der Waals surface area contributed by atoms with Gasteiger partial charge in [0.2, 0.25) is 0 Å². The number of nitrogens with one attached hydrogen (secondary N) is 1. The molecule has 2 nitrogen and oxygen atoms in total. The summed E-state index contributed by atoms with van der Waals surface area (Å²) in [6, 6.07) is 6.65. The van der Waals surface area contributed by atoms with Crippen LogP contribution >= 0.6 is 0 Å². The Hall–Kier alpha value is -1.02. The number of likely N-dealkylation sites (N-methyl/N-ethyl adjacent to an activating group) is 2. The lowest BCUT2D eigenvalue weighted by Gasteiger charge is -2.20. The predicted molar refractivity (Wildman–Crippen MR) is 63.1 cm³/mol. The lowest BCUT2D eigenvalue weighted by molar-refractivity contribution is 0.767. The van der Waals surface area contributed by atoms with Crippen LogP contribution in [0.3, 0.4) is 0 Å². The Bertz CT molecular complexity index is 274. The van der Waals surface area contributed by atoms with Gasteiger partial charge in [0.25, 0.3) is 0 Å². The number of aryl methyl sites for hydroxylation is 2. The number of nitrogens with zero attached hydrogens (tertiary/aromatic N) is 1. The van der Waals surface area contributed by atoms with Crippen molar-refractivity contribution in [2.75, 3.05) is 32.1 Å². The molecule has 0 fully saturated rings. The van der Waals surface area contributed by atoms with E-state index < -0.39 is 0 Å². The zero-order valence-electron chi connectivity index (χ0n) is 9.59. The van der Waals surface area contributed by atoms with E-state index >= 15 is 0 Å². The Morgan fingerprint density at radius 1 is 1.14 bits per heavy atom. The molecule has 1 aromatic rings. The van der Waals surface area contributed by atoms with Crippen molar-refractivity contribution in [3.63, 3.8) is 0 Å². The van der Waals surface area contributed by atoms with Gasteiger partial charge < -0.3 is 10.2 Å². The highest BCUT2D eigenvalue weighted by Crippen LogP contribution is 2.16. The van der Waals surface area contributed by atoms with Crippen molar-refractivity contribution < 1.29 is 0 Å². The summed E-state index contributed by atoms with van der Waals surface area (Å²) < 4.78 is 0. The molecule has 0 unspecified atom stereocenters. The molecule has 0 saturated heterocycles. The highest BCUT2D eigenvalue weighted by molar-refractivity contribution is 5.50. The molecule has 0 aliphatic rings. The second-order valence-electron chi connectivity index (χ2n) is 3.87. The van der Waals surface area contributed by atoms with Gasteiger partial charge in [-0.1, -0.05) is 6.07 Å². The van der Waals surface area contributed by atoms with Crippen LogP contribution in [0.25, 0.3) is 0 Å². The standard InChI is InChI=1S/C12H20N2/c1-10-7-11(2)9-12(8-10)14(4)6-5-13-3/h7-9,13H,5-6H2,1-4H3. The van der Waals surface area contributed by atoms with Crippen LogP contribution in [-0.4, -0.2) is 27.2 Å². The van der Waals surface area contributed by atoms with Gasteiger partial charge >= 0.3 is 0 Å². The molecule has 1 N–H and O–H groups in total. The van der Waals surface area contributed by atoms with Gasteiger partial charge in [-0.3, -0.25) is 0 Å². The third-order valence-electron chi connectivity index (χ3n) is 2.34. The second kappa shape index (κ2) is 5.01. The van der Waals surface area contributed by atoms with Crippen molar-refractivity contribution in [2.45, 2.75) is 13.8 Å². The maximum atomic E-state index is 3.16. The zero-order chi connectivity index (χ0) is 10.6. The number of benzene rings is 1. The monoisotopic (exact) mass is 192 g/mol. The van der Waals surface area contributed by atoms with E-state index in [9.17, 15) is 0 Å². The van der Waals surface area contributed by atoms with E-state index in [0.717, 1.165) is 13.1 Å². The molecule has 2 heteroatoms. The van der Waals surface area contributed by atoms with Crippen molar-refractivity contribution >= 4 is 5.69 Å². The first kappa shape index (κ1) is 11.1. The Morgan fingerprint density at radius 2 is 1.71 bits per heavy atom. The fourth-order valence-corrected chi connectivity index (χ4v) is 1.58. The van der Waals surface area contributed by atoms with E-state index in [0.29, 0.717) is 0 Å². The maximum Gasteiger partial charge on any atom is 0.0369 e. The van der Waals surface area contributed by atoms with Crippen molar-refractivity contribution in [3.05, 3.63) is 29.3 Å². The van der Waals surface area contributed by atoms with Crippen LogP contribution in [0, 0.1) is 13.8 Å². The van der Waals surface area contributed by atoms with E-state index in [1.54, 1.807) is 0 Å². The topological polar surface area (TPSA) is 15.3 Å². The Morgan fingerprint density at radius 3 is 2.21 bits per heavy atom. The van der Waals surface area contributed by atoms with E-state index in [1.165, 1.54) is 16.8 Å². The minimum atomic E-state index is 1.02. The molecule has 0 amide bonds. The highest BCUT2D eigenvalue weighted by atomic mass is 15.1. The number of hydrogen-bond acceptors (Lipinski definition) is 2. The van der Waals surface area contributed by atoms with Crippen molar-refractivity contribution in [1.82, 2.24) is 5.32 Å². The molecular weight excluding hydrogens is 172 g/mol. The quantitative estimate of drug-likeness (QED) is 0.784. The Kier molecular flexibility index (Phi) is 3.96. The van der Waals surface area contributed by atoms with Gasteiger partial charge in [0, 0.05) is 25.8 Å². The maximum absolute atomic E-state index is 3.16. The lowest BCUT2D eigenvalue weighted by atomic mass is 10.1. The molecule has 0 heterocycles. The van der Waals surface area contributed by atoms with Crippen molar-refractivity contribution in [2.24, 2.45) is 0 Å². The summed E-state index contributed by atoms with van der Waals surface area (Å²) in [7, 11) is 4.11. The minimum absolute atomic E-state index is 1.02. The summed E-state index contributed by atoms with van der Waals surface area (Å²) in [4.78, 5) is 2.27. The van der Waals surface area contributed by atoms with E-state index in [4.69, 9.17) is 0 Å². The third-order valence-corrected chi connectivity index (χ3v) is 2.34. The molecule has 0 bridgehead atoms. The molecule has 14 heavy (non-hydrogen) atoms. The summed E-state index contributed by atoms with van der Waals surface area (Å²) in [5, 5.41) is 3.16. The van der Waals surface area contributed by atoms with Crippen LogP contribution in [0.1, 0.15) is 11.1 Å². The zero-order valence-corrected chi connectivity index (χ0v) is 9.59. The van der Waals surface area contributed by atoms with Gasteiger partial charge in [0.1, 0.15) is 0 Å². The van der Waals surface area contributed by atoms with Crippen LogP contribution in [0.2, 0.25) is 0 Å². The first-order chi connectivity index (χ1) is 6.63. The summed E-state index contributed by atoms with van der Waals surface area (Å²) in [6.07, 6.45) is 0. The number of rotatable bonds is 4. The molecule has 0 aliphatic carbocycles. The molecule has 0 spiro atoms. The molecule has 0 saturated carbocycles. The van der Waals surface area contributed by atoms with Gasteiger partial charge in [0.05, 0.1) is 0 Å². The minimum Gasteiger partial charge on any atom is -0.373 e. The summed E-state index contributed by atoms with van der Waals surface area (Å²) in [6.45, 7) is 6.34. The molecule has 0 aromatic heterocycles. The first-order valence-electron chi connectivity index (χ1n) is 5.07. The molecule has 1 rings (SSSR count).